The lowest BCUT2D eigenvalue weighted by Crippen LogP contribution is -2.47. The molecule has 2 aliphatic heterocycles. The normalized spacial score (nSPS) is 26.8. The maximum absolute atomic E-state index is 11.8. The highest BCUT2D eigenvalue weighted by Crippen LogP contribution is 2.05. The molecule has 2 heterocycles. The summed E-state index contributed by atoms with van der Waals surface area (Å²) in [5.74, 6) is 0.175. The zero-order valence-corrected chi connectivity index (χ0v) is 9.61. The van der Waals surface area contributed by atoms with Crippen LogP contribution in [0, 0.1) is 0 Å². The molecule has 1 amide bonds. The van der Waals surface area contributed by atoms with Crippen molar-refractivity contribution in [1.29, 1.82) is 0 Å². The highest BCUT2D eigenvalue weighted by Gasteiger charge is 2.19. The number of carbonyl (C=O) groups excluding carboxylic acids is 1. The zero-order valence-electron chi connectivity index (χ0n) is 9.61. The smallest absolute Gasteiger partial charge is 0.236 e. The first-order valence-corrected chi connectivity index (χ1v) is 6.03. The molecule has 0 aliphatic carbocycles. The number of carbonyl (C=O) groups is 1. The van der Waals surface area contributed by atoms with E-state index in [-0.39, 0.29) is 5.91 Å². The summed E-state index contributed by atoms with van der Waals surface area (Å²) in [6.07, 6.45) is 2.19. The van der Waals surface area contributed by atoms with Gasteiger partial charge in [0.2, 0.25) is 5.91 Å². The Bertz CT molecular complexity index is 223. The number of hydrogen-bond acceptors (Lipinski definition) is 4. The average molecular weight is 228 g/mol. The van der Waals surface area contributed by atoms with E-state index in [1.807, 2.05) is 4.90 Å². The Morgan fingerprint density at radius 2 is 2.06 bits per heavy atom. The third-order valence-electron chi connectivity index (χ3n) is 3.07. The van der Waals surface area contributed by atoms with Gasteiger partial charge in [0.15, 0.2) is 0 Å². The van der Waals surface area contributed by atoms with Crippen molar-refractivity contribution >= 4 is 5.91 Å². The molecule has 0 aromatic carbocycles. The van der Waals surface area contributed by atoms with Crippen LogP contribution in [0.2, 0.25) is 0 Å². The van der Waals surface area contributed by atoms with E-state index in [1.54, 1.807) is 0 Å². The van der Waals surface area contributed by atoms with Gasteiger partial charge in [-0.1, -0.05) is 0 Å². The van der Waals surface area contributed by atoms with E-state index in [2.05, 4.69) is 5.32 Å². The second-order valence-electron chi connectivity index (χ2n) is 4.29. The van der Waals surface area contributed by atoms with Crippen molar-refractivity contribution < 1.29 is 14.3 Å². The van der Waals surface area contributed by atoms with Crippen molar-refractivity contribution in [2.75, 3.05) is 46.1 Å². The van der Waals surface area contributed by atoms with Crippen LogP contribution < -0.4 is 5.32 Å². The summed E-state index contributed by atoms with van der Waals surface area (Å²) in [5.41, 5.74) is 0. The lowest BCUT2D eigenvalue weighted by molar-refractivity contribution is -0.134. The average Bonchev–Trinajstić information content (AvgIpc) is 2.38. The fourth-order valence-electron chi connectivity index (χ4n) is 2.06. The second-order valence-corrected chi connectivity index (χ2v) is 4.29. The van der Waals surface area contributed by atoms with E-state index in [0.717, 1.165) is 39.1 Å². The van der Waals surface area contributed by atoms with Gasteiger partial charge in [0.25, 0.3) is 0 Å². The molecule has 1 N–H and O–H groups in total. The molecule has 0 bridgehead atoms. The molecule has 0 aromatic heterocycles. The summed E-state index contributed by atoms with van der Waals surface area (Å²) < 4.78 is 10.6. The highest BCUT2D eigenvalue weighted by atomic mass is 16.5. The Hall–Kier alpha value is -0.650. The summed E-state index contributed by atoms with van der Waals surface area (Å²) in [4.78, 5) is 13.7. The largest absolute Gasteiger partial charge is 0.380 e. The number of ether oxygens (including phenoxy) is 2. The Kier molecular flexibility index (Phi) is 4.56. The summed E-state index contributed by atoms with van der Waals surface area (Å²) in [6.45, 7) is 4.79. The van der Waals surface area contributed by atoms with Gasteiger partial charge in [-0.05, 0) is 12.8 Å². The summed E-state index contributed by atoms with van der Waals surface area (Å²) >= 11 is 0. The van der Waals surface area contributed by atoms with Gasteiger partial charge in [-0.2, -0.15) is 0 Å². The van der Waals surface area contributed by atoms with Gasteiger partial charge < -0.3 is 19.7 Å². The molecule has 5 nitrogen and oxygen atoms in total. The Labute approximate surface area is 96.1 Å². The van der Waals surface area contributed by atoms with Crippen LogP contribution in [-0.4, -0.2) is 62.9 Å². The molecule has 0 saturated carbocycles. The molecule has 0 spiro atoms. The molecular weight excluding hydrogens is 208 g/mol. The molecule has 2 fully saturated rings. The number of nitrogens with one attached hydrogen (secondary N) is 1. The van der Waals surface area contributed by atoms with Gasteiger partial charge >= 0.3 is 0 Å². The van der Waals surface area contributed by atoms with Crippen LogP contribution in [0.15, 0.2) is 0 Å². The zero-order chi connectivity index (χ0) is 11.2. The molecule has 1 atom stereocenters. The van der Waals surface area contributed by atoms with Crippen LogP contribution in [0.3, 0.4) is 0 Å². The SMILES string of the molecule is O=C(CNC1CCCOC1)N1CCOCC1. The number of nitrogens with zero attached hydrogens (tertiary/aromatic N) is 1. The van der Waals surface area contributed by atoms with Crippen LogP contribution in [0.4, 0.5) is 0 Å². The first-order valence-electron chi connectivity index (χ1n) is 6.03. The fraction of sp³-hybridized carbons (Fsp3) is 0.909. The molecule has 2 saturated heterocycles. The molecule has 0 aromatic rings. The third kappa shape index (κ3) is 3.43. The molecule has 92 valence electrons. The second kappa shape index (κ2) is 6.18. The third-order valence-corrected chi connectivity index (χ3v) is 3.07. The standard InChI is InChI=1S/C11H20N2O3/c14-11(13-3-6-15-7-4-13)8-12-10-2-1-5-16-9-10/h10,12H,1-9H2. The van der Waals surface area contributed by atoms with E-state index in [9.17, 15) is 4.79 Å². The monoisotopic (exact) mass is 228 g/mol. The fourth-order valence-corrected chi connectivity index (χ4v) is 2.06. The van der Waals surface area contributed by atoms with Gasteiger partial charge in [0, 0.05) is 25.7 Å². The first kappa shape index (κ1) is 11.8. The van der Waals surface area contributed by atoms with E-state index in [4.69, 9.17) is 9.47 Å². The van der Waals surface area contributed by atoms with Crippen LogP contribution in [-0.2, 0) is 14.3 Å². The summed E-state index contributed by atoms with van der Waals surface area (Å²) in [7, 11) is 0. The minimum Gasteiger partial charge on any atom is -0.380 e. The summed E-state index contributed by atoms with van der Waals surface area (Å²) in [5, 5.41) is 3.26. The number of morpholine rings is 1. The van der Waals surface area contributed by atoms with Crippen molar-refractivity contribution in [3.05, 3.63) is 0 Å². The van der Waals surface area contributed by atoms with Gasteiger partial charge in [0.1, 0.15) is 0 Å². The van der Waals surface area contributed by atoms with E-state index in [1.165, 1.54) is 0 Å². The van der Waals surface area contributed by atoms with E-state index < -0.39 is 0 Å². The molecule has 16 heavy (non-hydrogen) atoms. The first-order chi connectivity index (χ1) is 7.86. The van der Waals surface area contributed by atoms with Crippen LogP contribution in [0.5, 0.6) is 0 Å². The Morgan fingerprint density at radius 3 is 2.75 bits per heavy atom. The van der Waals surface area contributed by atoms with Gasteiger partial charge in [-0.25, -0.2) is 0 Å². The van der Waals surface area contributed by atoms with Gasteiger partial charge in [-0.15, -0.1) is 0 Å². The molecule has 1 unspecified atom stereocenters. The highest BCUT2D eigenvalue weighted by molar-refractivity contribution is 5.78. The number of hydrogen-bond donors (Lipinski definition) is 1. The lowest BCUT2D eigenvalue weighted by atomic mass is 10.1. The van der Waals surface area contributed by atoms with Crippen molar-refractivity contribution in [1.82, 2.24) is 10.2 Å². The Balaban J connectivity index is 1.65. The lowest BCUT2D eigenvalue weighted by Gasteiger charge is -2.28. The maximum Gasteiger partial charge on any atom is 0.236 e. The molecule has 2 aliphatic rings. The van der Waals surface area contributed by atoms with E-state index >= 15 is 0 Å². The maximum atomic E-state index is 11.8. The Morgan fingerprint density at radius 1 is 1.25 bits per heavy atom. The predicted molar refractivity (Wildman–Crippen MR) is 59.2 cm³/mol. The van der Waals surface area contributed by atoms with Crippen molar-refractivity contribution in [2.24, 2.45) is 0 Å². The predicted octanol–water partition coefficient (Wildman–Crippen LogP) is -0.386. The molecule has 2 rings (SSSR count). The van der Waals surface area contributed by atoms with Crippen molar-refractivity contribution in [3.8, 4) is 0 Å². The minimum absolute atomic E-state index is 0.175. The van der Waals surface area contributed by atoms with Gasteiger partial charge in [0.05, 0.1) is 26.4 Å². The molecular formula is C11H20N2O3. The van der Waals surface area contributed by atoms with Crippen molar-refractivity contribution in [3.63, 3.8) is 0 Å². The molecule has 5 heteroatoms. The van der Waals surface area contributed by atoms with Crippen LogP contribution in [0.25, 0.3) is 0 Å². The number of rotatable bonds is 3. The van der Waals surface area contributed by atoms with Crippen LogP contribution in [0.1, 0.15) is 12.8 Å². The molecule has 0 radical (unpaired) electrons. The van der Waals surface area contributed by atoms with E-state index in [0.29, 0.717) is 25.8 Å². The van der Waals surface area contributed by atoms with Crippen molar-refractivity contribution in [2.45, 2.75) is 18.9 Å². The summed E-state index contributed by atoms with van der Waals surface area (Å²) in [6, 6.07) is 0.346. The van der Waals surface area contributed by atoms with Crippen LogP contribution >= 0.6 is 0 Å². The quantitative estimate of drug-likeness (QED) is 0.715. The topological polar surface area (TPSA) is 50.8 Å². The number of amides is 1. The van der Waals surface area contributed by atoms with Gasteiger partial charge in [-0.3, -0.25) is 4.79 Å². The minimum atomic E-state index is 0.175.